The van der Waals surface area contributed by atoms with Crippen LogP contribution in [0.25, 0.3) is 0 Å². The molecule has 0 unspecified atom stereocenters. The van der Waals surface area contributed by atoms with Gasteiger partial charge in [-0.25, -0.2) is 0 Å². The quantitative estimate of drug-likeness (QED) is 0.671. The molecular formula is C13H18N2. The molecule has 2 nitrogen and oxygen atoms in total. The zero-order chi connectivity index (χ0) is 11.1. The Kier molecular flexibility index (Phi) is 4.61. The van der Waals surface area contributed by atoms with E-state index in [1.807, 2.05) is 23.9 Å². The van der Waals surface area contributed by atoms with E-state index in [0.29, 0.717) is 0 Å². The molecule has 1 aromatic rings. The van der Waals surface area contributed by atoms with Gasteiger partial charge >= 0.3 is 0 Å². The Morgan fingerprint density at radius 1 is 1.60 bits per heavy atom. The van der Waals surface area contributed by atoms with E-state index in [1.54, 1.807) is 6.08 Å². The van der Waals surface area contributed by atoms with Crippen molar-refractivity contribution in [3.8, 4) is 0 Å². The van der Waals surface area contributed by atoms with Crippen molar-refractivity contribution >= 4 is 0 Å². The lowest BCUT2D eigenvalue weighted by atomic mass is 10.2. The van der Waals surface area contributed by atoms with Crippen molar-refractivity contribution in [2.45, 2.75) is 26.8 Å². The normalized spacial score (nSPS) is 12.3. The number of aromatic nitrogens is 2. The average molecular weight is 202 g/mol. The lowest BCUT2D eigenvalue weighted by Crippen LogP contribution is -2.01. The number of allylic oxidation sites excluding steroid dienone is 5. The van der Waals surface area contributed by atoms with E-state index >= 15 is 0 Å². The second-order valence-corrected chi connectivity index (χ2v) is 3.32. The van der Waals surface area contributed by atoms with Crippen molar-refractivity contribution in [1.82, 2.24) is 9.78 Å². The lowest BCUT2D eigenvalue weighted by Gasteiger charge is -2.01. The molecule has 0 atom stereocenters. The summed E-state index contributed by atoms with van der Waals surface area (Å²) >= 11 is 0. The van der Waals surface area contributed by atoms with Gasteiger partial charge in [0.1, 0.15) is 0 Å². The van der Waals surface area contributed by atoms with E-state index < -0.39 is 0 Å². The van der Waals surface area contributed by atoms with Crippen molar-refractivity contribution in [2.24, 2.45) is 0 Å². The average Bonchev–Trinajstić information content (AvgIpc) is 2.71. The highest BCUT2D eigenvalue weighted by Gasteiger charge is 1.97. The lowest BCUT2D eigenvalue weighted by molar-refractivity contribution is 0.672. The van der Waals surface area contributed by atoms with Gasteiger partial charge in [-0.05, 0) is 25.0 Å². The molecule has 80 valence electrons. The monoisotopic (exact) mass is 202 g/mol. The number of nitrogens with zero attached hydrogens (tertiary/aromatic N) is 2. The van der Waals surface area contributed by atoms with Gasteiger partial charge in [0.15, 0.2) is 0 Å². The summed E-state index contributed by atoms with van der Waals surface area (Å²) in [6, 6.07) is 2.06. The fourth-order valence-electron chi connectivity index (χ4n) is 1.30. The molecule has 0 spiro atoms. The minimum absolute atomic E-state index is 0.820. The third kappa shape index (κ3) is 3.58. The van der Waals surface area contributed by atoms with Gasteiger partial charge < -0.3 is 0 Å². The third-order valence-electron chi connectivity index (χ3n) is 2.22. The van der Waals surface area contributed by atoms with Crippen LogP contribution < -0.4 is 0 Å². The molecular weight excluding hydrogens is 184 g/mol. The Hall–Kier alpha value is -1.57. The molecule has 0 amide bonds. The summed E-state index contributed by atoms with van der Waals surface area (Å²) in [6.07, 6.45) is 10.9. The molecule has 1 rings (SSSR count). The Bertz CT molecular complexity index is 370. The van der Waals surface area contributed by atoms with Crippen LogP contribution in [0.1, 0.15) is 19.5 Å². The minimum Gasteiger partial charge on any atom is -0.268 e. The zero-order valence-corrected chi connectivity index (χ0v) is 9.48. The van der Waals surface area contributed by atoms with Crippen LogP contribution in [-0.4, -0.2) is 9.78 Å². The SMILES string of the molecule is C=C/C=C\C(=C/C)Cn1ccc(CC)n1. The van der Waals surface area contributed by atoms with Crippen LogP contribution in [0, 0.1) is 0 Å². The van der Waals surface area contributed by atoms with E-state index in [2.05, 4.69) is 36.8 Å². The highest BCUT2D eigenvalue weighted by Crippen LogP contribution is 2.03. The predicted octanol–water partition coefficient (Wildman–Crippen LogP) is 3.13. The second kappa shape index (κ2) is 6.02. The summed E-state index contributed by atoms with van der Waals surface area (Å²) in [7, 11) is 0. The maximum absolute atomic E-state index is 4.44. The number of aryl methyl sites for hydroxylation is 1. The zero-order valence-electron chi connectivity index (χ0n) is 9.48. The summed E-state index contributed by atoms with van der Waals surface area (Å²) in [6.45, 7) is 8.62. The van der Waals surface area contributed by atoms with Gasteiger partial charge in [-0.2, -0.15) is 5.10 Å². The Morgan fingerprint density at radius 3 is 2.93 bits per heavy atom. The minimum atomic E-state index is 0.820. The van der Waals surface area contributed by atoms with Gasteiger partial charge in [-0.3, -0.25) is 4.68 Å². The van der Waals surface area contributed by atoms with Crippen LogP contribution in [0.4, 0.5) is 0 Å². The van der Waals surface area contributed by atoms with Gasteiger partial charge in [0, 0.05) is 6.20 Å². The summed E-state index contributed by atoms with van der Waals surface area (Å²) in [5.74, 6) is 0. The van der Waals surface area contributed by atoms with Crippen molar-refractivity contribution in [1.29, 1.82) is 0 Å². The first-order valence-corrected chi connectivity index (χ1v) is 5.26. The molecule has 0 saturated heterocycles. The highest BCUT2D eigenvalue weighted by atomic mass is 15.3. The van der Waals surface area contributed by atoms with Gasteiger partial charge in [0.25, 0.3) is 0 Å². The standard InChI is InChI=1S/C13H18N2/c1-4-7-8-12(5-2)11-15-10-9-13(6-3)14-15/h4-5,7-10H,1,6,11H2,2-3H3/b8-7-,12-5+. The smallest absolute Gasteiger partial charge is 0.0656 e. The molecule has 0 aliphatic carbocycles. The first kappa shape index (κ1) is 11.5. The third-order valence-corrected chi connectivity index (χ3v) is 2.22. The van der Waals surface area contributed by atoms with Crippen LogP contribution >= 0.6 is 0 Å². The van der Waals surface area contributed by atoms with Gasteiger partial charge in [0.05, 0.1) is 12.2 Å². The van der Waals surface area contributed by atoms with Crippen LogP contribution in [0.3, 0.4) is 0 Å². The van der Waals surface area contributed by atoms with Crippen molar-refractivity contribution < 1.29 is 0 Å². The van der Waals surface area contributed by atoms with E-state index in [0.717, 1.165) is 18.7 Å². The van der Waals surface area contributed by atoms with E-state index in [4.69, 9.17) is 0 Å². The van der Waals surface area contributed by atoms with Crippen LogP contribution in [-0.2, 0) is 13.0 Å². The summed E-state index contributed by atoms with van der Waals surface area (Å²) in [5.41, 5.74) is 2.37. The first-order valence-electron chi connectivity index (χ1n) is 5.26. The van der Waals surface area contributed by atoms with E-state index in [9.17, 15) is 0 Å². The molecule has 1 heterocycles. The fourth-order valence-corrected chi connectivity index (χ4v) is 1.30. The summed E-state index contributed by atoms with van der Waals surface area (Å²) in [5, 5.41) is 4.44. The van der Waals surface area contributed by atoms with Crippen molar-refractivity contribution in [2.75, 3.05) is 0 Å². The summed E-state index contributed by atoms with van der Waals surface area (Å²) < 4.78 is 1.96. The molecule has 0 aliphatic rings. The number of rotatable bonds is 5. The topological polar surface area (TPSA) is 17.8 Å². The Labute approximate surface area is 91.6 Å². The van der Waals surface area contributed by atoms with Gasteiger partial charge in [-0.1, -0.05) is 37.8 Å². The fraction of sp³-hybridized carbons (Fsp3) is 0.308. The molecule has 0 bridgehead atoms. The van der Waals surface area contributed by atoms with Crippen LogP contribution in [0.5, 0.6) is 0 Å². The molecule has 0 saturated carbocycles. The van der Waals surface area contributed by atoms with E-state index in [-0.39, 0.29) is 0 Å². The Balaban J connectivity index is 2.67. The molecule has 0 aromatic carbocycles. The molecule has 1 aromatic heterocycles. The highest BCUT2D eigenvalue weighted by molar-refractivity contribution is 5.21. The molecule has 2 heteroatoms. The van der Waals surface area contributed by atoms with Crippen LogP contribution in [0.15, 0.2) is 48.7 Å². The first-order chi connectivity index (χ1) is 7.30. The molecule has 0 radical (unpaired) electrons. The Morgan fingerprint density at radius 2 is 2.40 bits per heavy atom. The maximum Gasteiger partial charge on any atom is 0.0656 e. The maximum atomic E-state index is 4.44. The van der Waals surface area contributed by atoms with Crippen molar-refractivity contribution in [3.63, 3.8) is 0 Å². The van der Waals surface area contributed by atoms with E-state index in [1.165, 1.54) is 5.57 Å². The molecule has 0 aliphatic heterocycles. The summed E-state index contributed by atoms with van der Waals surface area (Å²) in [4.78, 5) is 0. The molecule has 0 N–H and O–H groups in total. The van der Waals surface area contributed by atoms with Gasteiger partial charge in [0.2, 0.25) is 0 Å². The number of hydrogen-bond donors (Lipinski definition) is 0. The number of hydrogen-bond acceptors (Lipinski definition) is 1. The van der Waals surface area contributed by atoms with Crippen molar-refractivity contribution in [3.05, 3.63) is 54.4 Å². The molecule has 0 fully saturated rings. The van der Waals surface area contributed by atoms with Gasteiger partial charge in [-0.15, -0.1) is 0 Å². The predicted molar refractivity (Wildman–Crippen MR) is 64.7 cm³/mol. The largest absolute Gasteiger partial charge is 0.268 e. The second-order valence-electron chi connectivity index (χ2n) is 3.32. The molecule has 15 heavy (non-hydrogen) atoms. The van der Waals surface area contributed by atoms with Crippen LogP contribution in [0.2, 0.25) is 0 Å².